The first-order valence-corrected chi connectivity index (χ1v) is 4.69. The molecular formula is C9H3ClFNS. The zero-order valence-electron chi connectivity index (χ0n) is 6.34. The lowest BCUT2D eigenvalue weighted by Gasteiger charge is -1.93. The van der Waals surface area contributed by atoms with E-state index >= 15 is 0 Å². The number of nitrogens with zero attached hydrogens (tertiary/aromatic N) is 1. The van der Waals surface area contributed by atoms with Gasteiger partial charge in [-0.3, -0.25) is 0 Å². The van der Waals surface area contributed by atoms with Crippen LogP contribution in [0.25, 0.3) is 10.1 Å². The SMILES string of the molecule is N#Cc1ccc(Cl)c2cc(F)sc12. The molecular weight excluding hydrogens is 209 g/mol. The second-order valence-electron chi connectivity index (χ2n) is 2.50. The predicted molar refractivity (Wildman–Crippen MR) is 51.5 cm³/mol. The van der Waals surface area contributed by atoms with Crippen LogP contribution < -0.4 is 0 Å². The van der Waals surface area contributed by atoms with Crippen molar-refractivity contribution in [3.63, 3.8) is 0 Å². The van der Waals surface area contributed by atoms with E-state index in [4.69, 9.17) is 16.9 Å². The molecule has 0 spiro atoms. The molecule has 64 valence electrons. The van der Waals surface area contributed by atoms with E-state index < -0.39 is 0 Å². The number of halogens is 2. The average molecular weight is 212 g/mol. The zero-order chi connectivity index (χ0) is 9.42. The Morgan fingerprint density at radius 1 is 1.46 bits per heavy atom. The summed E-state index contributed by atoms with van der Waals surface area (Å²) < 4.78 is 13.5. The third-order valence-corrected chi connectivity index (χ3v) is 3.01. The van der Waals surface area contributed by atoms with E-state index in [9.17, 15) is 4.39 Å². The van der Waals surface area contributed by atoms with Crippen molar-refractivity contribution in [3.05, 3.63) is 33.9 Å². The first-order valence-electron chi connectivity index (χ1n) is 3.50. The number of rotatable bonds is 0. The van der Waals surface area contributed by atoms with Crippen LogP contribution in [0.15, 0.2) is 18.2 Å². The maximum absolute atomic E-state index is 12.9. The molecule has 0 aliphatic heterocycles. The van der Waals surface area contributed by atoms with Gasteiger partial charge in [-0.15, -0.1) is 11.3 Å². The fourth-order valence-electron chi connectivity index (χ4n) is 1.15. The zero-order valence-corrected chi connectivity index (χ0v) is 7.92. The number of benzene rings is 1. The van der Waals surface area contributed by atoms with Crippen molar-refractivity contribution in [2.24, 2.45) is 0 Å². The standard InChI is InChI=1S/C9H3ClFNS/c10-7-2-1-5(4-12)9-6(7)3-8(11)13-9/h1-3H. The molecule has 2 aromatic rings. The molecule has 4 heteroatoms. The van der Waals surface area contributed by atoms with Crippen LogP contribution in [0.3, 0.4) is 0 Å². The van der Waals surface area contributed by atoms with E-state index in [0.717, 1.165) is 11.3 Å². The molecule has 1 heterocycles. The highest BCUT2D eigenvalue weighted by Gasteiger charge is 2.08. The number of thiophene rings is 1. The lowest BCUT2D eigenvalue weighted by molar-refractivity contribution is 0.658. The fraction of sp³-hybridized carbons (Fsp3) is 0. The monoisotopic (exact) mass is 211 g/mol. The largest absolute Gasteiger partial charge is 0.195 e. The van der Waals surface area contributed by atoms with Crippen LogP contribution >= 0.6 is 22.9 Å². The van der Waals surface area contributed by atoms with Crippen molar-refractivity contribution in [1.29, 1.82) is 5.26 Å². The molecule has 0 fully saturated rings. The van der Waals surface area contributed by atoms with Crippen LogP contribution in [0, 0.1) is 16.5 Å². The summed E-state index contributed by atoms with van der Waals surface area (Å²) in [7, 11) is 0. The highest BCUT2D eigenvalue weighted by molar-refractivity contribution is 7.17. The Balaban J connectivity index is 2.94. The van der Waals surface area contributed by atoms with Crippen LogP contribution in [0.5, 0.6) is 0 Å². The molecule has 0 aliphatic rings. The third kappa shape index (κ3) is 1.28. The summed E-state index contributed by atoms with van der Waals surface area (Å²) in [4.78, 5) is 0. The van der Waals surface area contributed by atoms with Gasteiger partial charge in [-0.1, -0.05) is 11.6 Å². The molecule has 1 aromatic heterocycles. The first-order chi connectivity index (χ1) is 6.22. The summed E-state index contributed by atoms with van der Waals surface area (Å²) in [5.41, 5.74) is 0.466. The molecule has 13 heavy (non-hydrogen) atoms. The van der Waals surface area contributed by atoms with Crippen molar-refractivity contribution in [1.82, 2.24) is 0 Å². The van der Waals surface area contributed by atoms with E-state index in [1.54, 1.807) is 12.1 Å². The summed E-state index contributed by atoms with van der Waals surface area (Å²) in [5.74, 6) is 0. The quantitative estimate of drug-likeness (QED) is 0.654. The Morgan fingerprint density at radius 2 is 2.23 bits per heavy atom. The van der Waals surface area contributed by atoms with Crippen LogP contribution in [-0.2, 0) is 0 Å². The number of hydrogen-bond acceptors (Lipinski definition) is 2. The van der Waals surface area contributed by atoms with Gasteiger partial charge in [0.25, 0.3) is 0 Å². The molecule has 1 nitrogen and oxygen atoms in total. The summed E-state index contributed by atoms with van der Waals surface area (Å²) in [6.07, 6.45) is 0. The van der Waals surface area contributed by atoms with E-state index in [2.05, 4.69) is 0 Å². The molecule has 1 aromatic carbocycles. The van der Waals surface area contributed by atoms with Gasteiger partial charge in [-0.25, -0.2) is 0 Å². The van der Waals surface area contributed by atoms with Crippen molar-refractivity contribution < 1.29 is 4.39 Å². The topological polar surface area (TPSA) is 23.8 Å². The van der Waals surface area contributed by atoms with Crippen LogP contribution in [0.2, 0.25) is 5.02 Å². The molecule has 0 atom stereocenters. The lowest BCUT2D eigenvalue weighted by atomic mass is 10.2. The Kier molecular flexibility index (Phi) is 1.95. The van der Waals surface area contributed by atoms with Crippen LogP contribution in [0.1, 0.15) is 5.56 Å². The van der Waals surface area contributed by atoms with Crippen molar-refractivity contribution in [3.8, 4) is 6.07 Å². The number of hydrogen-bond donors (Lipinski definition) is 0. The Labute approximate surface area is 83.0 Å². The Bertz CT molecular complexity index is 512. The number of fused-ring (bicyclic) bond motifs is 1. The molecule has 0 saturated heterocycles. The van der Waals surface area contributed by atoms with E-state index in [1.807, 2.05) is 6.07 Å². The van der Waals surface area contributed by atoms with Crippen LogP contribution in [0.4, 0.5) is 4.39 Å². The van der Waals surface area contributed by atoms with Gasteiger partial charge < -0.3 is 0 Å². The Morgan fingerprint density at radius 3 is 2.92 bits per heavy atom. The summed E-state index contributed by atoms with van der Waals surface area (Å²) in [6, 6.07) is 6.55. The molecule has 0 N–H and O–H groups in total. The van der Waals surface area contributed by atoms with Gasteiger partial charge in [0.15, 0.2) is 5.13 Å². The van der Waals surface area contributed by atoms with Gasteiger partial charge in [-0.2, -0.15) is 9.65 Å². The predicted octanol–water partition coefficient (Wildman–Crippen LogP) is 3.57. The van der Waals surface area contributed by atoms with Crippen molar-refractivity contribution in [2.45, 2.75) is 0 Å². The number of nitriles is 1. The summed E-state index contributed by atoms with van der Waals surface area (Å²) >= 11 is 6.77. The molecule has 0 aliphatic carbocycles. The highest BCUT2D eigenvalue weighted by atomic mass is 35.5. The fourth-order valence-corrected chi connectivity index (χ4v) is 2.29. The average Bonchev–Trinajstić information content (AvgIpc) is 2.48. The van der Waals surface area contributed by atoms with E-state index in [0.29, 0.717) is 20.7 Å². The molecule has 0 unspecified atom stereocenters. The van der Waals surface area contributed by atoms with E-state index in [1.165, 1.54) is 6.07 Å². The maximum atomic E-state index is 12.9. The molecule has 0 radical (unpaired) electrons. The van der Waals surface area contributed by atoms with Crippen molar-refractivity contribution >= 4 is 33.0 Å². The highest BCUT2D eigenvalue weighted by Crippen LogP contribution is 2.32. The minimum atomic E-state index is -0.320. The van der Waals surface area contributed by atoms with Crippen molar-refractivity contribution in [2.75, 3.05) is 0 Å². The minimum Gasteiger partial charge on any atom is -0.195 e. The summed E-state index contributed by atoms with van der Waals surface area (Å²) in [6.45, 7) is 0. The van der Waals surface area contributed by atoms with Gasteiger partial charge in [-0.05, 0) is 18.2 Å². The van der Waals surface area contributed by atoms with Gasteiger partial charge in [0.05, 0.1) is 10.3 Å². The van der Waals surface area contributed by atoms with E-state index in [-0.39, 0.29) is 5.13 Å². The maximum Gasteiger partial charge on any atom is 0.177 e. The van der Waals surface area contributed by atoms with Gasteiger partial charge in [0, 0.05) is 10.4 Å². The van der Waals surface area contributed by atoms with Gasteiger partial charge >= 0.3 is 0 Å². The molecule has 0 amide bonds. The van der Waals surface area contributed by atoms with Gasteiger partial charge in [0.2, 0.25) is 0 Å². The second-order valence-corrected chi connectivity index (χ2v) is 3.91. The Hall–Kier alpha value is -1.11. The first kappa shape index (κ1) is 8.49. The minimum absolute atomic E-state index is 0.320. The smallest absolute Gasteiger partial charge is 0.177 e. The lowest BCUT2D eigenvalue weighted by Crippen LogP contribution is -1.73. The molecule has 0 saturated carbocycles. The van der Waals surface area contributed by atoms with Gasteiger partial charge in [0.1, 0.15) is 6.07 Å². The second kappa shape index (κ2) is 2.99. The molecule has 2 rings (SSSR count). The molecule has 0 bridgehead atoms. The third-order valence-electron chi connectivity index (χ3n) is 1.72. The normalized spacial score (nSPS) is 10.2. The van der Waals surface area contributed by atoms with Crippen LogP contribution in [-0.4, -0.2) is 0 Å². The summed E-state index contributed by atoms with van der Waals surface area (Å²) in [5, 5.41) is 9.50.